The lowest BCUT2D eigenvalue weighted by atomic mass is 10.1. The molecule has 5 rings (SSSR count). The normalized spacial score (nSPS) is 18.5. The highest BCUT2D eigenvalue weighted by atomic mass is 16.5. The number of nitrogens with one attached hydrogen (secondary N) is 3. The van der Waals surface area contributed by atoms with Gasteiger partial charge >= 0.3 is 6.09 Å². The Bertz CT molecular complexity index is 1190. The molecule has 0 aliphatic heterocycles. The molecule has 0 spiro atoms. The van der Waals surface area contributed by atoms with Crippen molar-refractivity contribution in [3.63, 3.8) is 0 Å². The summed E-state index contributed by atoms with van der Waals surface area (Å²) in [6.07, 6.45) is 3.40. The van der Waals surface area contributed by atoms with Gasteiger partial charge in [0.15, 0.2) is 0 Å². The second-order valence-corrected chi connectivity index (χ2v) is 9.36. The molecule has 2 aliphatic carbocycles. The second-order valence-electron chi connectivity index (χ2n) is 9.36. The highest BCUT2D eigenvalue weighted by Gasteiger charge is 2.38. The van der Waals surface area contributed by atoms with Crippen LogP contribution in [-0.2, 0) is 11.3 Å². The van der Waals surface area contributed by atoms with Gasteiger partial charge in [-0.3, -0.25) is 10.1 Å². The number of hydrogen-bond donors (Lipinski definition) is 4. The average Bonchev–Trinajstić information content (AvgIpc) is 3.79. The van der Waals surface area contributed by atoms with E-state index in [1.807, 2.05) is 12.1 Å². The predicted octanol–water partition coefficient (Wildman–Crippen LogP) is 5.13. The third-order valence-corrected chi connectivity index (χ3v) is 6.54. The molecule has 7 nitrogen and oxygen atoms in total. The molecule has 2 saturated carbocycles. The van der Waals surface area contributed by atoms with E-state index >= 15 is 0 Å². The number of para-hydroxylation sites is 2. The summed E-state index contributed by atoms with van der Waals surface area (Å²) in [5.74, 6) is 1.22. The number of hydrogen-bond acceptors (Lipinski definition) is 5. The number of ether oxygens (including phenoxy) is 1. The van der Waals surface area contributed by atoms with Crippen LogP contribution in [0.2, 0.25) is 0 Å². The summed E-state index contributed by atoms with van der Waals surface area (Å²) >= 11 is 0. The Balaban J connectivity index is 1.06. The van der Waals surface area contributed by atoms with E-state index in [2.05, 4.69) is 28.1 Å². The van der Waals surface area contributed by atoms with Gasteiger partial charge in [-0.25, -0.2) is 4.79 Å². The van der Waals surface area contributed by atoms with Crippen LogP contribution in [0.15, 0.2) is 72.8 Å². The van der Waals surface area contributed by atoms with Crippen LogP contribution in [-0.4, -0.2) is 24.6 Å². The van der Waals surface area contributed by atoms with Crippen molar-refractivity contribution in [3.8, 4) is 0 Å². The Morgan fingerprint density at radius 1 is 0.914 bits per heavy atom. The number of benzene rings is 3. The van der Waals surface area contributed by atoms with Crippen LogP contribution in [0, 0.1) is 5.92 Å². The van der Waals surface area contributed by atoms with Crippen LogP contribution in [0.4, 0.5) is 21.9 Å². The number of amides is 2. The standard InChI is InChI=1S/C28H30N4O3/c29-24-3-1-2-4-25(24)32-27(33)21-11-13-22(14-12-21)31-28(34)35-17-19-7-9-20(10-8-19)23-15-26(23)30-16-18-5-6-18/h1-4,7-14,18,23,26,30H,5-6,15-17,29H2,(H,31,34)(H,32,33)/t23-,26+/m0/s1. The van der Waals surface area contributed by atoms with Crippen molar-refractivity contribution in [1.29, 1.82) is 0 Å². The van der Waals surface area contributed by atoms with E-state index in [9.17, 15) is 9.59 Å². The Hall–Kier alpha value is -3.84. The number of nitrogens with two attached hydrogens (primary N) is 1. The summed E-state index contributed by atoms with van der Waals surface area (Å²) in [6, 6.07) is 22.6. The fourth-order valence-corrected chi connectivity index (χ4v) is 4.10. The van der Waals surface area contributed by atoms with E-state index in [1.165, 1.54) is 24.8 Å². The zero-order chi connectivity index (χ0) is 24.2. The van der Waals surface area contributed by atoms with Gasteiger partial charge in [0.25, 0.3) is 5.91 Å². The summed E-state index contributed by atoms with van der Waals surface area (Å²) in [7, 11) is 0. The minimum atomic E-state index is -0.546. The molecule has 0 unspecified atom stereocenters. The van der Waals surface area contributed by atoms with Crippen molar-refractivity contribution in [1.82, 2.24) is 5.32 Å². The van der Waals surface area contributed by atoms with Crippen LogP contribution in [0.3, 0.4) is 0 Å². The molecule has 0 bridgehead atoms. The van der Waals surface area contributed by atoms with Gasteiger partial charge in [-0.15, -0.1) is 0 Å². The molecule has 0 radical (unpaired) electrons. The first-order valence-electron chi connectivity index (χ1n) is 12.1. The average molecular weight is 471 g/mol. The van der Waals surface area contributed by atoms with Gasteiger partial charge < -0.3 is 21.1 Å². The molecule has 2 atom stereocenters. The van der Waals surface area contributed by atoms with Crippen LogP contribution >= 0.6 is 0 Å². The summed E-state index contributed by atoms with van der Waals surface area (Å²) in [5, 5.41) is 9.13. The van der Waals surface area contributed by atoms with E-state index in [0.29, 0.717) is 34.6 Å². The Morgan fingerprint density at radius 2 is 1.66 bits per heavy atom. The van der Waals surface area contributed by atoms with E-state index < -0.39 is 6.09 Å². The fourth-order valence-electron chi connectivity index (χ4n) is 4.10. The maximum Gasteiger partial charge on any atom is 0.411 e. The zero-order valence-corrected chi connectivity index (χ0v) is 19.5. The zero-order valence-electron chi connectivity index (χ0n) is 19.5. The van der Waals surface area contributed by atoms with E-state index in [1.54, 1.807) is 48.5 Å². The fraction of sp³-hybridized carbons (Fsp3) is 0.286. The summed E-state index contributed by atoms with van der Waals surface area (Å²) in [4.78, 5) is 24.6. The maximum absolute atomic E-state index is 12.4. The van der Waals surface area contributed by atoms with E-state index in [-0.39, 0.29) is 12.5 Å². The van der Waals surface area contributed by atoms with Crippen molar-refractivity contribution in [3.05, 3.63) is 89.5 Å². The SMILES string of the molecule is Nc1ccccc1NC(=O)c1ccc(NC(=O)OCc2ccc([C@@H]3C[C@H]3NCC3CC3)cc2)cc1. The lowest BCUT2D eigenvalue weighted by Crippen LogP contribution is -2.20. The number of carbonyl (C=O) groups excluding carboxylic acids is 2. The van der Waals surface area contributed by atoms with Gasteiger partial charge in [-0.05, 0) is 79.3 Å². The number of nitrogen functional groups attached to an aromatic ring is 1. The number of rotatable bonds is 9. The van der Waals surface area contributed by atoms with Crippen molar-refractivity contribution >= 4 is 29.1 Å². The van der Waals surface area contributed by atoms with Crippen LogP contribution in [0.1, 0.15) is 46.7 Å². The van der Waals surface area contributed by atoms with E-state index in [0.717, 1.165) is 18.0 Å². The molecule has 5 N–H and O–H groups in total. The van der Waals surface area contributed by atoms with E-state index in [4.69, 9.17) is 10.5 Å². The number of anilines is 3. The monoisotopic (exact) mass is 470 g/mol. The Kier molecular flexibility index (Phi) is 6.68. The molecule has 2 fully saturated rings. The first-order valence-corrected chi connectivity index (χ1v) is 12.1. The van der Waals surface area contributed by atoms with Gasteiger partial charge in [0.2, 0.25) is 0 Å². The lowest BCUT2D eigenvalue weighted by Gasteiger charge is -2.10. The minimum absolute atomic E-state index is 0.194. The molecule has 7 heteroatoms. The van der Waals surface area contributed by atoms with Crippen molar-refractivity contribution < 1.29 is 14.3 Å². The first kappa shape index (κ1) is 22.9. The topological polar surface area (TPSA) is 105 Å². The van der Waals surface area contributed by atoms with Crippen molar-refractivity contribution in [2.75, 3.05) is 22.9 Å². The lowest BCUT2D eigenvalue weighted by molar-refractivity contribution is 0.102. The highest BCUT2D eigenvalue weighted by Crippen LogP contribution is 2.41. The molecule has 2 aliphatic rings. The number of carbonyl (C=O) groups is 2. The summed E-state index contributed by atoms with van der Waals surface area (Å²) < 4.78 is 5.36. The molecule has 0 heterocycles. The maximum atomic E-state index is 12.4. The van der Waals surface area contributed by atoms with Crippen LogP contribution in [0.5, 0.6) is 0 Å². The largest absolute Gasteiger partial charge is 0.444 e. The van der Waals surface area contributed by atoms with Gasteiger partial charge in [0, 0.05) is 23.2 Å². The molecular weight excluding hydrogens is 440 g/mol. The molecule has 0 aromatic heterocycles. The first-order chi connectivity index (χ1) is 17.0. The van der Waals surface area contributed by atoms with Gasteiger partial charge in [0.1, 0.15) is 6.61 Å². The Labute approximate surface area is 205 Å². The molecule has 2 amide bonds. The molecule has 180 valence electrons. The van der Waals surface area contributed by atoms with Gasteiger partial charge in [-0.1, -0.05) is 36.4 Å². The summed E-state index contributed by atoms with van der Waals surface area (Å²) in [6.45, 7) is 1.35. The van der Waals surface area contributed by atoms with Crippen molar-refractivity contribution in [2.45, 2.75) is 37.8 Å². The Morgan fingerprint density at radius 3 is 2.37 bits per heavy atom. The predicted molar refractivity (Wildman–Crippen MR) is 137 cm³/mol. The molecule has 3 aromatic rings. The quantitative estimate of drug-likeness (QED) is 0.325. The van der Waals surface area contributed by atoms with Crippen LogP contribution in [0.25, 0.3) is 0 Å². The minimum Gasteiger partial charge on any atom is -0.444 e. The second kappa shape index (κ2) is 10.2. The molecule has 3 aromatic carbocycles. The molecule has 35 heavy (non-hydrogen) atoms. The third-order valence-electron chi connectivity index (χ3n) is 6.54. The summed E-state index contributed by atoms with van der Waals surface area (Å²) in [5.41, 5.74) is 10.2. The third kappa shape index (κ3) is 6.19. The van der Waals surface area contributed by atoms with Gasteiger partial charge in [0.05, 0.1) is 11.4 Å². The smallest absolute Gasteiger partial charge is 0.411 e. The van der Waals surface area contributed by atoms with Crippen LogP contribution < -0.4 is 21.7 Å². The van der Waals surface area contributed by atoms with Gasteiger partial charge in [-0.2, -0.15) is 0 Å². The van der Waals surface area contributed by atoms with Crippen molar-refractivity contribution in [2.24, 2.45) is 5.92 Å². The highest BCUT2D eigenvalue weighted by molar-refractivity contribution is 6.06. The molecular formula is C28H30N4O3. The molecule has 0 saturated heterocycles.